The Hall–Kier alpha value is -1.75. The molecule has 2 aromatic rings. The average Bonchev–Trinajstić information content (AvgIpc) is 2.59. The van der Waals surface area contributed by atoms with Gasteiger partial charge in [-0.15, -0.1) is 0 Å². The van der Waals surface area contributed by atoms with Crippen LogP contribution in [0.5, 0.6) is 0 Å². The predicted molar refractivity (Wildman–Crippen MR) is 64.1 cm³/mol. The van der Waals surface area contributed by atoms with Gasteiger partial charge in [-0.3, -0.25) is 0 Å². The SMILES string of the molecule is Cc1nc(CCO)n(C)c1-c1ccc(F)c(F)c1. The fourth-order valence-corrected chi connectivity index (χ4v) is 2.06. The van der Waals surface area contributed by atoms with E-state index in [4.69, 9.17) is 5.11 Å². The largest absolute Gasteiger partial charge is 0.396 e. The quantitative estimate of drug-likeness (QED) is 0.909. The number of aryl methyl sites for hydroxylation is 1. The summed E-state index contributed by atoms with van der Waals surface area (Å²) in [7, 11) is 1.79. The number of hydrogen-bond donors (Lipinski definition) is 1. The summed E-state index contributed by atoms with van der Waals surface area (Å²) in [4.78, 5) is 4.32. The molecule has 1 aromatic carbocycles. The lowest BCUT2D eigenvalue weighted by Gasteiger charge is -2.06. The van der Waals surface area contributed by atoms with Crippen LogP contribution in [0.4, 0.5) is 8.78 Å². The van der Waals surface area contributed by atoms with Crippen molar-refractivity contribution in [2.24, 2.45) is 7.05 Å². The molecule has 1 N–H and O–H groups in total. The van der Waals surface area contributed by atoms with Gasteiger partial charge in [-0.25, -0.2) is 13.8 Å². The van der Waals surface area contributed by atoms with Crippen LogP contribution >= 0.6 is 0 Å². The Morgan fingerprint density at radius 1 is 1.28 bits per heavy atom. The Balaban J connectivity index is 2.53. The summed E-state index contributed by atoms with van der Waals surface area (Å²) in [5, 5.41) is 8.93. The van der Waals surface area contributed by atoms with E-state index in [1.54, 1.807) is 18.5 Å². The lowest BCUT2D eigenvalue weighted by Crippen LogP contribution is -2.02. The summed E-state index contributed by atoms with van der Waals surface area (Å²) < 4.78 is 27.9. The van der Waals surface area contributed by atoms with E-state index in [1.165, 1.54) is 6.07 Å². The second kappa shape index (κ2) is 4.86. The van der Waals surface area contributed by atoms with Crippen molar-refractivity contribution in [1.82, 2.24) is 9.55 Å². The molecule has 0 radical (unpaired) electrons. The summed E-state index contributed by atoms with van der Waals surface area (Å²) in [5.74, 6) is -1.03. The van der Waals surface area contributed by atoms with Gasteiger partial charge in [0, 0.05) is 19.0 Å². The highest BCUT2D eigenvalue weighted by molar-refractivity contribution is 5.62. The zero-order valence-corrected chi connectivity index (χ0v) is 10.2. The minimum absolute atomic E-state index is 0.00150. The second-order valence-electron chi connectivity index (χ2n) is 4.12. The van der Waals surface area contributed by atoms with Gasteiger partial charge in [-0.2, -0.15) is 0 Å². The van der Waals surface area contributed by atoms with Gasteiger partial charge in [0.25, 0.3) is 0 Å². The maximum atomic E-state index is 13.2. The molecule has 0 saturated heterocycles. The maximum absolute atomic E-state index is 13.2. The average molecular weight is 252 g/mol. The van der Waals surface area contributed by atoms with Crippen molar-refractivity contribution < 1.29 is 13.9 Å². The molecule has 1 aromatic heterocycles. The Kier molecular flexibility index (Phi) is 3.43. The van der Waals surface area contributed by atoms with Gasteiger partial charge in [0.15, 0.2) is 11.6 Å². The van der Waals surface area contributed by atoms with E-state index < -0.39 is 11.6 Å². The summed E-state index contributed by atoms with van der Waals surface area (Å²) >= 11 is 0. The van der Waals surface area contributed by atoms with Crippen LogP contribution in [0.1, 0.15) is 11.5 Å². The van der Waals surface area contributed by atoms with Crippen molar-refractivity contribution in [2.45, 2.75) is 13.3 Å². The Bertz CT molecular complexity index is 579. The molecule has 5 heteroatoms. The highest BCUT2D eigenvalue weighted by atomic mass is 19.2. The number of nitrogens with zero attached hydrogens (tertiary/aromatic N) is 2. The molecule has 0 aliphatic carbocycles. The number of halogens is 2. The predicted octanol–water partition coefficient (Wildman–Crippen LogP) is 2.21. The van der Waals surface area contributed by atoms with E-state index in [9.17, 15) is 8.78 Å². The first-order valence-electron chi connectivity index (χ1n) is 5.63. The molecule has 0 amide bonds. The van der Waals surface area contributed by atoms with Crippen molar-refractivity contribution in [3.8, 4) is 11.3 Å². The summed E-state index contributed by atoms with van der Waals surface area (Å²) in [5.41, 5.74) is 2.04. The fourth-order valence-electron chi connectivity index (χ4n) is 2.06. The van der Waals surface area contributed by atoms with Crippen LogP contribution in [-0.2, 0) is 13.5 Å². The van der Waals surface area contributed by atoms with Crippen LogP contribution in [0.15, 0.2) is 18.2 Å². The standard InChI is InChI=1S/C13H14F2N2O/c1-8-13(17(2)12(16-8)5-6-18)9-3-4-10(14)11(15)7-9/h3-4,7,18H,5-6H2,1-2H3. The van der Waals surface area contributed by atoms with Gasteiger partial charge in [0.2, 0.25) is 0 Å². The zero-order valence-electron chi connectivity index (χ0n) is 10.2. The molecule has 0 bridgehead atoms. The molecule has 0 spiro atoms. The van der Waals surface area contributed by atoms with Crippen LogP contribution < -0.4 is 0 Å². The Morgan fingerprint density at radius 2 is 2.00 bits per heavy atom. The third kappa shape index (κ3) is 2.13. The molecule has 0 saturated carbocycles. The van der Waals surface area contributed by atoms with Crippen molar-refractivity contribution in [1.29, 1.82) is 0 Å². The van der Waals surface area contributed by atoms with E-state index in [-0.39, 0.29) is 6.61 Å². The molecule has 0 atom stereocenters. The Morgan fingerprint density at radius 3 is 2.61 bits per heavy atom. The van der Waals surface area contributed by atoms with Crippen LogP contribution in [0.2, 0.25) is 0 Å². The van der Waals surface area contributed by atoms with Crippen LogP contribution in [-0.4, -0.2) is 21.3 Å². The first-order chi connectivity index (χ1) is 8.54. The molecule has 0 unspecified atom stereocenters. The van der Waals surface area contributed by atoms with Gasteiger partial charge in [-0.05, 0) is 25.1 Å². The van der Waals surface area contributed by atoms with E-state index >= 15 is 0 Å². The van der Waals surface area contributed by atoms with Gasteiger partial charge in [0.1, 0.15) is 5.82 Å². The number of rotatable bonds is 3. The van der Waals surface area contributed by atoms with Gasteiger partial charge in [-0.1, -0.05) is 0 Å². The number of aliphatic hydroxyl groups is 1. The van der Waals surface area contributed by atoms with Crippen molar-refractivity contribution in [3.05, 3.63) is 41.4 Å². The topological polar surface area (TPSA) is 38.1 Å². The lowest BCUT2D eigenvalue weighted by molar-refractivity contribution is 0.295. The molecule has 18 heavy (non-hydrogen) atoms. The number of imidazole rings is 1. The van der Waals surface area contributed by atoms with E-state index in [1.807, 2.05) is 0 Å². The number of aromatic nitrogens is 2. The minimum atomic E-state index is -0.878. The first-order valence-corrected chi connectivity index (χ1v) is 5.63. The van der Waals surface area contributed by atoms with Crippen molar-refractivity contribution in [3.63, 3.8) is 0 Å². The van der Waals surface area contributed by atoms with Crippen molar-refractivity contribution in [2.75, 3.05) is 6.61 Å². The molecule has 3 nitrogen and oxygen atoms in total. The molecule has 0 aliphatic rings. The molecular weight excluding hydrogens is 238 g/mol. The van der Waals surface area contributed by atoms with E-state index in [0.717, 1.165) is 29.3 Å². The highest BCUT2D eigenvalue weighted by Gasteiger charge is 2.14. The third-order valence-corrected chi connectivity index (χ3v) is 2.89. The molecule has 2 rings (SSSR count). The van der Waals surface area contributed by atoms with E-state index in [2.05, 4.69) is 4.98 Å². The lowest BCUT2D eigenvalue weighted by atomic mass is 10.1. The summed E-state index contributed by atoms with van der Waals surface area (Å²) in [6.07, 6.45) is 0.432. The molecule has 0 fully saturated rings. The van der Waals surface area contributed by atoms with Crippen LogP contribution in [0.25, 0.3) is 11.3 Å². The highest BCUT2D eigenvalue weighted by Crippen LogP contribution is 2.25. The van der Waals surface area contributed by atoms with Gasteiger partial charge < -0.3 is 9.67 Å². The monoisotopic (exact) mass is 252 g/mol. The smallest absolute Gasteiger partial charge is 0.159 e. The van der Waals surface area contributed by atoms with Crippen LogP contribution in [0, 0.1) is 18.6 Å². The molecule has 0 aliphatic heterocycles. The van der Waals surface area contributed by atoms with E-state index in [0.29, 0.717) is 12.0 Å². The number of benzene rings is 1. The zero-order chi connectivity index (χ0) is 13.3. The second-order valence-corrected chi connectivity index (χ2v) is 4.12. The van der Waals surface area contributed by atoms with Crippen LogP contribution in [0.3, 0.4) is 0 Å². The fraction of sp³-hybridized carbons (Fsp3) is 0.308. The van der Waals surface area contributed by atoms with Crippen molar-refractivity contribution >= 4 is 0 Å². The van der Waals surface area contributed by atoms with Gasteiger partial charge >= 0.3 is 0 Å². The number of aliphatic hydroxyl groups excluding tert-OH is 1. The summed E-state index contributed by atoms with van der Waals surface area (Å²) in [6.45, 7) is 1.80. The molecule has 1 heterocycles. The summed E-state index contributed by atoms with van der Waals surface area (Å²) in [6, 6.07) is 3.77. The normalized spacial score (nSPS) is 10.9. The minimum Gasteiger partial charge on any atom is -0.396 e. The number of hydrogen-bond acceptors (Lipinski definition) is 2. The van der Waals surface area contributed by atoms with Gasteiger partial charge in [0.05, 0.1) is 18.0 Å². The molecular formula is C13H14F2N2O. The maximum Gasteiger partial charge on any atom is 0.159 e. The first kappa shape index (κ1) is 12.7. The Labute approximate surface area is 104 Å². The third-order valence-electron chi connectivity index (χ3n) is 2.89. The molecule has 96 valence electrons.